The fourth-order valence-electron chi connectivity index (χ4n) is 1.34. The fourth-order valence-corrected chi connectivity index (χ4v) is 1.55. The SMILES string of the molecule is COC(=O)c1c(CCl)cc(C#N)cc1OC. The van der Waals surface area contributed by atoms with Crippen LogP contribution in [0.3, 0.4) is 0 Å². The van der Waals surface area contributed by atoms with Crippen molar-refractivity contribution in [2.75, 3.05) is 14.2 Å². The number of rotatable bonds is 3. The third-order valence-electron chi connectivity index (χ3n) is 2.07. The van der Waals surface area contributed by atoms with E-state index in [9.17, 15) is 4.79 Å². The zero-order chi connectivity index (χ0) is 12.1. The standard InChI is InChI=1S/C11H10ClNO3/c1-15-9-4-7(6-13)3-8(5-12)10(9)11(14)16-2/h3-4H,5H2,1-2H3. The Kier molecular flexibility index (Phi) is 4.15. The summed E-state index contributed by atoms with van der Waals surface area (Å²) in [6, 6.07) is 4.99. The second-order valence-corrected chi connectivity index (χ2v) is 3.22. The highest BCUT2D eigenvalue weighted by atomic mass is 35.5. The molecule has 1 aromatic rings. The van der Waals surface area contributed by atoms with Gasteiger partial charge < -0.3 is 9.47 Å². The minimum Gasteiger partial charge on any atom is -0.496 e. The number of carbonyl (C=O) groups excluding carboxylic acids is 1. The molecule has 0 bridgehead atoms. The van der Waals surface area contributed by atoms with Gasteiger partial charge in [-0.2, -0.15) is 5.26 Å². The number of alkyl halides is 1. The molecule has 1 rings (SSSR count). The summed E-state index contributed by atoms with van der Waals surface area (Å²) < 4.78 is 9.68. The highest BCUT2D eigenvalue weighted by Gasteiger charge is 2.18. The molecule has 16 heavy (non-hydrogen) atoms. The highest BCUT2D eigenvalue weighted by molar-refractivity contribution is 6.17. The zero-order valence-corrected chi connectivity index (χ0v) is 9.67. The molecule has 0 aromatic heterocycles. The average Bonchev–Trinajstić information content (AvgIpc) is 2.35. The second kappa shape index (κ2) is 5.38. The van der Waals surface area contributed by atoms with E-state index in [-0.39, 0.29) is 11.4 Å². The topological polar surface area (TPSA) is 59.3 Å². The Morgan fingerprint density at radius 2 is 2.19 bits per heavy atom. The Morgan fingerprint density at radius 1 is 1.50 bits per heavy atom. The fraction of sp³-hybridized carbons (Fsp3) is 0.273. The van der Waals surface area contributed by atoms with Crippen molar-refractivity contribution in [1.29, 1.82) is 5.26 Å². The van der Waals surface area contributed by atoms with Crippen LogP contribution in [-0.2, 0) is 10.6 Å². The summed E-state index contributed by atoms with van der Waals surface area (Å²) in [5.41, 5.74) is 1.17. The van der Waals surface area contributed by atoms with E-state index in [0.29, 0.717) is 16.9 Å². The molecule has 0 aliphatic heterocycles. The number of hydrogen-bond donors (Lipinski definition) is 0. The molecule has 0 aliphatic carbocycles. The smallest absolute Gasteiger partial charge is 0.341 e. The molecule has 0 unspecified atom stereocenters. The molecule has 0 amide bonds. The van der Waals surface area contributed by atoms with E-state index in [0.717, 1.165) is 0 Å². The van der Waals surface area contributed by atoms with Gasteiger partial charge in [0.1, 0.15) is 11.3 Å². The van der Waals surface area contributed by atoms with Crippen molar-refractivity contribution in [3.63, 3.8) is 0 Å². The molecule has 0 spiro atoms. The highest BCUT2D eigenvalue weighted by Crippen LogP contribution is 2.26. The largest absolute Gasteiger partial charge is 0.496 e. The van der Waals surface area contributed by atoms with Crippen LogP contribution in [0.25, 0.3) is 0 Å². The number of methoxy groups -OCH3 is 2. The molecule has 0 aliphatic rings. The van der Waals surface area contributed by atoms with Crippen LogP contribution in [0.15, 0.2) is 12.1 Å². The van der Waals surface area contributed by atoms with Crippen LogP contribution in [0.2, 0.25) is 0 Å². The molecule has 0 radical (unpaired) electrons. The normalized spacial score (nSPS) is 9.38. The van der Waals surface area contributed by atoms with Gasteiger partial charge in [-0.15, -0.1) is 11.6 Å². The van der Waals surface area contributed by atoms with Gasteiger partial charge in [-0.3, -0.25) is 0 Å². The van der Waals surface area contributed by atoms with Gasteiger partial charge in [0.15, 0.2) is 0 Å². The first-order valence-electron chi connectivity index (χ1n) is 4.43. The number of hydrogen-bond acceptors (Lipinski definition) is 4. The number of nitriles is 1. The van der Waals surface area contributed by atoms with Crippen molar-refractivity contribution in [3.8, 4) is 11.8 Å². The maximum Gasteiger partial charge on any atom is 0.341 e. The van der Waals surface area contributed by atoms with Crippen molar-refractivity contribution >= 4 is 17.6 Å². The third kappa shape index (κ3) is 2.26. The molecule has 0 saturated heterocycles. The lowest BCUT2D eigenvalue weighted by Crippen LogP contribution is -2.08. The van der Waals surface area contributed by atoms with Crippen molar-refractivity contribution in [1.82, 2.24) is 0 Å². The van der Waals surface area contributed by atoms with Crippen LogP contribution in [0, 0.1) is 11.3 Å². The van der Waals surface area contributed by atoms with Crippen molar-refractivity contribution in [2.45, 2.75) is 5.88 Å². The Balaban J connectivity index is 3.44. The molecule has 0 N–H and O–H groups in total. The Hall–Kier alpha value is -1.73. The third-order valence-corrected chi connectivity index (χ3v) is 2.35. The predicted molar refractivity (Wildman–Crippen MR) is 58.6 cm³/mol. The molecule has 0 fully saturated rings. The van der Waals surface area contributed by atoms with Crippen LogP contribution < -0.4 is 4.74 Å². The van der Waals surface area contributed by atoms with Gasteiger partial charge in [0.2, 0.25) is 0 Å². The van der Waals surface area contributed by atoms with Gasteiger partial charge in [0, 0.05) is 5.88 Å². The van der Waals surface area contributed by atoms with Crippen molar-refractivity contribution in [2.24, 2.45) is 0 Å². The van der Waals surface area contributed by atoms with Crippen LogP contribution in [0.5, 0.6) is 5.75 Å². The molecular weight excluding hydrogens is 230 g/mol. The van der Waals surface area contributed by atoms with Gasteiger partial charge in [0.25, 0.3) is 0 Å². The van der Waals surface area contributed by atoms with Gasteiger partial charge in [-0.05, 0) is 17.7 Å². The van der Waals surface area contributed by atoms with Crippen LogP contribution in [0.4, 0.5) is 0 Å². The van der Waals surface area contributed by atoms with E-state index in [2.05, 4.69) is 4.74 Å². The molecule has 0 heterocycles. The minimum atomic E-state index is -0.531. The van der Waals surface area contributed by atoms with Gasteiger partial charge in [-0.1, -0.05) is 0 Å². The van der Waals surface area contributed by atoms with Gasteiger partial charge >= 0.3 is 5.97 Å². The van der Waals surface area contributed by atoms with Crippen LogP contribution in [0.1, 0.15) is 21.5 Å². The Labute approximate surface area is 98.3 Å². The first kappa shape index (κ1) is 12.3. The first-order valence-corrected chi connectivity index (χ1v) is 4.96. The van der Waals surface area contributed by atoms with Gasteiger partial charge in [0.05, 0.1) is 25.9 Å². The Bertz CT molecular complexity index is 426. The molecule has 1 aromatic carbocycles. The van der Waals surface area contributed by atoms with Crippen molar-refractivity contribution in [3.05, 3.63) is 28.8 Å². The lowest BCUT2D eigenvalue weighted by Gasteiger charge is -2.11. The molecular formula is C11H10ClNO3. The number of carbonyl (C=O) groups is 1. The number of esters is 1. The summed E-state index contributed by atoms with van der Waals surface area (Å²) in [5, 5.41) is 8.80. The minimum absolute atomic E-state index is 0.107. The quantitative estimate of drug-likeness (QED) is 0.599. The van der Waals surface area contributed by atoms with Crippen LogP contribution in [-0.4, -0.2) is 20.2 Å². The zero-order valence-electron chi connectivity index (χ0n) is 8.91. The summed E-state index contributed by atoms with van der Waals surface area (Å²) in [6.07, 6.45) is 0. The summed E-state index contributed by atoms with van der Waals surface area (Å²) >= 11 is 5.72. The first-order chi connectivity index (χ1) is 7.67. The van der Waals surface area contributed by atoms with E-state index < -0.39 is 5.97 Å². The number of halogens is 1. The Morgan fingerprint density at radius 3 is 2.62 bits per heavy atom. The van der Waals surface area contributed by atoms with E-state index in [1.165, 1.54) is 20.3 Å². The van der Waals surface area contributed by atoms with E-state index in [1.807, 2.05) is 6.07 Å². The molecule has 84 valence electrons. The van der Waals surface area contributed by atoms with Gasteiger partial charge in [-0.25, -0.2) is 4.79 Å². The lowest BCUT2D eigenvalue weighted by molar-refractivity contribution is 0.0596. The summed E-state index contributed by atoms with van der Waals surface area (Å²) in [5.74, 6) is -0.130. The van der Waals surface area contributed by atoms with Crippen molar-refractivity contribution < 1.29 is 14.3 Å². The summed E-state index contributed by atoms with van der Waals surface area (Å²) in [4.78, 5) is 11.5. The number of ether oxygens (including phenoxy) is 2. The monoisotopic (exact) mass is 239 g/mol. The molecule has 0 atom stereocenters. The predicted octanol–water partition coefficient (Wildman–Crippen LogP) is 2.09. The second-order valence-electron chi connectivity index (χ2n) is 2.95. The number of benzene rings is 1. The maximum absolute atomic E-state index is 11.5. The van der Waals surface area contributed by atoms with Crippen LogP contribution >= 0.6 is 11.6 Å². The summed E-state index contributed by atoms with van der Waals surface area (Å²) in [7, 11) is 2.69. The average molecular weight is 240 g/mol. The summed E-state index contributed by atoms with van der Waals surface area (Å²) in [6.45, 7) is 0. The lowest BCUT2D eigenvalue weighted by atomic mass is 10.0. The molecule has 4 nitrogen and oxygen atoms in total. The number of nitrogens with zero attached hydrogens (tertiary/aromatic N) is 1. The van der Waals surface area contributed by atoms with E-state index in [4.69, 9.17) is 21.6 Å². The maximum atomic E-state index is 11.5. The molecule has 5 heteroatoms. The van der Waals surface area contributed by atoms with E-state index in [1.54, 1.807) is 6.07 Å². The van der Waals surface area contributed by atoms with E-state index >= 15 is 0 Å². The molecule has 0 saturated carbocycles.